The summed E-state index contributed by atoms with van der Waals surface area (Å²) >= 11 is 0. The van der Waals surface area contributed by atoms with Gasteiger partial charge in [0.05, 0.1) is 0 Å². The summed E-state index contributed by atoms with van der Waals surface area (Å²) in [5.41, 5.74) is 1.15. The molecule has 0 radical (unpaired) electrons. The summed E-state index contributed by atoms with van der Waals surface area (Å²) in [5, 5.41) is 12.3. The van der Waals surface area contributed by atoms with Crippen LogP contribution in [0.3, 0.4) is 0 Å². The van der Waals surface area contributed by atoms with E-state index in [1.54, 1.807) is 7.05 Å². The molecule has 2 N–H and O–H groups in total. The molecule has 0 saturated carbocycles. The molecule has 0 spiro atoms. The molecule has 0 bridgehead atoms. The molecule has 0 aromatic heterocycles. The highest BCUT2D eigenvalue weighted by molar-refractivity contribution is 5.19. The lowest BCUT2D eigenvalue weighted by atomic mass is 10.00. The van der Waals surface area contributed by atoms with Crippen LogP contribution in [0.15, 0.2) is 30.3 Å². The van der Waals surface area contributed by atoms with E-state index in [1.165, 1.54) is 0 Å². The summed E-state index contributed by atoms with van der Waals surface area (Å²) in [6.45, 7) is 2.00. The molecule has 2 heteroatoms. The number of hydrogen-bond donors (Lipinski definition) is 2. The maximum atomic E-state index is 9.47. The van der Waals surface area contributed by atoms with Crippen LogP contribution in [0.25, 0.3) is 0 Å². The highest BCUT2D eigenvalue weighted by Crippen LogP contribution is 2.16. The number of aliphatic hydroxyl groups excluding tert-OH is 1. The summed E-state index contributed by atoms with van der Waals surface area (Å²) in [6, 6.07) is 9.97. The van der Waals surface area contributed by atoms with E-state index in [0.29, 0.717) is 0 Å². The standard InChI is InChI=1S/C10H15NO/c1-8(10(12)11-2)9-6-4-3-5-7-9/h3-8,10-12H,1-2H3/t8-,10-/m1/s1. The topological polar surface area (TPSA) is 32.3 Å². The Hall–Kier alpha value is -0.860. The van der Waals surface area contributed by atoms with Gasteiger partial charge in [-0.25, -0.2) is 0 Å². The maximum Gasteiger partial charge on any atom is 0.111 e. The number of aliphatic hydroxyl groups is 1. The minimum absolute atomic E-state index is 0.135. The van der Waals surface area contributed by atoms with Crippen molar-refractivity contribution in [3.63, 3.8) is 0 Å². The van der Waals surface area contributed by atoms with Gasteiger partial charge in [-0.2, -0.15) is 0 Å². The van der Waals surface area contributed by atoms with E-state index in [0.717, 1.165) is 5.56 Å². The molecule has 0 aliphatic heterocycles. The van der Waals surface area contributed by atoms with Crippen LogP contribution in [0, 0.1) is 0 Å². The Bertz CT molecular complexity index is 223. The summed E-state index contributed by atoms with van der Waals surface area (Å²) in [7, 11) is 1.75. The predicted molar refractivity (Wildman–Crippen MR) is 49.9 cm³/mol. The van der Waals surface area contributed by atoms with Crippen molar-refractivity contribution in [1.29, 1.82) is 0 Å². The number of hydrogen-bond acceptors (Lipinski definition) is 2. The first-order valence-corrected chi connectivity index (χ1v) is 4.16. The average Bonchev–Trinajstić information content (AvgIpc) is 2.17. The van der Waals surface area contributed by atoms with Gasteiger partial charge in [-0.15, -0.1) is 0 Å². The van der Waals surface area contributed by atoms with Crippen LogP contribution >= 0.6 is 0 Å². The lowest BCUT2D eigenvalue weighted by molar-refractivity contribution is 0.122. The molecule has 0 saturated heterocycles. The molecule has 66 valence electrons. The molecule has 1 aromatic carbocycles. The Morgan fingerprint density at radius 1 is 1.25 bits per heavy atom. The number of benzene rings is 1. The lowest BCUT2D eigenvalue weighted by Crippen LogP contribution is -2.29. The summed E-state index contributed by atoms with van der Waals surface area (Å²) in [6.07, 6.45) is -0.465. The van der Waals surface area contributed by atoms with Gasteiger partial charge in [0.25, 0.3) is 0 Å². The average molecular weight is 165 g/mol. The van der Waals surface area contributed by atoms with Gasteiger partial charge in [0.1, 0.15) is 6.23 Å². The second-order valence-corrected chi connectivity index (χ2v) is 2.93. The van der Waals surface area contributed by atoms with E-state index in [4.69, 9.17) is 0 Å². The first-order valence-electron chi connectivity index (χ1n) is 4.16. The molecule has 12 heavy (non-hydrogen) atoms. The van der Waals surface area contributed by atoms with E-state index in [9.17, 15) is 5.11 Å². The van der Waals surface area contributed by atoms with E-state index in [2.05, 4.69) is 5.32 Å². The molecule has 0 heterocycles. The highest BCUT2D eigenvalue weighted by Gasteiger charge is 2.12. The van der Waals surface area contributed by atoms with Crippen molar-refractivity contribution in [3.8, 4) is 0 Å². The van der Waals surface area contributed by atoms with Gasteiger partial charge in [0.2, 0.25) is 0 Å². The molecule has 0 unspecified atom stereocenters. The van der Waals surface area contributed by atoms with Crippen LogP contribution in [0.1, 0.15) is 18.4 Å². The molecule has 0 aliphatic carbocycles. The molecular weight excluding hydrogens is 150 g/mol. The minimum Gasteiger partial charge on any atom is -0.378 e. The van der Waals surface area contributed by atoms with Gasteiger partial charge in [0, 0.05) is 5.92 Å². The smallest absolute Gasteiger partial charge is 0.111 e. The molecule has 1 rings (SSSR count). The van der Waals surface area contributed by atoms with Crippen LogP contribution < -0.4 is 5.32 Å². The van der Waals surface area contributed by atoms with E-state index in [1.807, 2.05) is 37.3 Å². The van der Waals surface area contributed by atoms with Crippen LogP contribution in [0.5, 0.6) is 0 Å². The summed E-state index contributed by atoms with van der Waals surface area (Å²) in [4.78, 5) is 0. The van der Waals surface area contributed by atoms with Crippen molar-refractivity contribution in [3.05, 3.63) is 35.9 Å². The van der Waals surface area contributed by atoms with Gasteiger partial charge in [-0.1, -0.05) is 37.3 Å². The fraction of sp³-hybridized carbons (Fsp3) is 0.400. The zero-order valence-electron chi connectivity index (χ0n) is 7.49. The van der Waals surface area contributed by atoms with Crippen LogP contribution in [0.2, 0.25) is 0 Å². The fourth-order valence-electron chi connectivity index (χ4n) is 1.19. The van der Waals surface area contributed by atoms with E-state index < -0.39 is 6.23 Å². The monoisotopic (exact) mass is 165 g/mol. The third-order valence-electron chi connectivity index (χ3n) is 2.09. The van der Waals surface area contributed by atoms with Crippen molar-refractivity contribution in [2.24, 2.45) is 0 Å². The third kappa shape index (κ3) is 2.06. The molecule has 2 atom stereocenters. The SMILES string of the molecule is CN[C@H](O)[C@H](C)c1ccccc1. The predicted octanol–water partition coefficient (Wildman–Crippen LogP) is 1.33. The van der Waals surface area contributed by atoms with Crippen LogP contribution in [-0.4, -0.2) is 18.4 Å². The molecule has 0 fully saturated rings. The first kappa shape index (κ1) is 9.23. The second-order valence-electron chi connectivity index (χ2n) is 2.93. The van der Waals surface area contributed by atoms with E-state index >= 15 is 0 Å². The van der Waals surface area contributed by atoms with Gasteiger partial charge in [0.15, 0.2) is 0 Å². The number of likely N-dealkylation sites (N-methyl/N-ethyl adjacent to an activating group) is 1. The van der Waals surface area contributed by atoms with Crippen molar-refractivity contribution < 1.29 is 5.11 Å². The second kappa shape index (κ2) is 4.24. The first-order chi connectivity index (χ1) is 5.75. The number of rotatable bonds is 3. The third-order valence-corrected chi connectivity index (χ3v) is 2.09. The quantitative estimate of drug-likeness (QED) is 0.662. The minimum atomic E-state index is -0.465. The highest BCUT2D eigenvalue weighted by atomic mass is 16.3. The van der Waals surface area contributed by atoms with Gasteiger partial charge < -0.3 is 5.11 Å². The normalized spacial score (nSPS) is 15.6. The lowest BCUT2D eigenvalue weighted by Gasteiger charge is -2.17. The Morgan fingerprint density at radius 2 is 1.83 bits per heavy atom. The molecule has 0 amide bonds. The summed E-state index contributed by atoms with van der Waals surface area (Å²) in [5.74, 6) is 0.135. The Morgan fingerprint density at radius 3 is 2.33 bits per heavy atom. The maximum absolute atomic E-state index is 9.47. The molecular formula is C10H15NO. The van der Waals surface area contributed by atoms with Crippen molar-refractivity contribution in [1.82, 2.24) is 5.32 Å². The largest absolute Gasteiger partial charge is 0.378 e. The summed E-state index contributed by atoms with van der Waals surface area (Å²) < 4.78 is 0. The Kier molecular flexibility index (Phi) is 3.26. The van der Waals surface area contributed by atoms with Crippen molar-refractivity contribution >= 4 is 0 Å². The fourth-order valence-corrected chi connectivity index (χ4v) is 1.19. The zero-order valence-corrected chi connectivity index (χ0v) is 7.49. The van der Waals surface area contributed by atoms with Crippen LogP contribution in [-0.2, 0) is 0 Å². The molecule has 1 aromatic rings. The van der Waals surface area contributed by atoms with Crippen molar-refractivity contribution in [2.75, 3.05) is 7.05 Å². The molecule has 2 nitrogen and oxygen atoms in total. The van der Waals surface area contributed by atoms with E-state index in [-0.39, 0.29) is 5.92 Å². The Balaban J connectivity index is 2.71. The Labute approximate surface area is 73.2 Å². The zero-order chi connectivity index (χ0) is 8.97. The molecule has 0 aliphatic rings. The van der Waals surface area contributed by atoms with Crippen LogP contribution in [0.4, 0.5) is 0 Å². The number of nitrogens with one attached hydrogen (secondary N) is 1. The van der Waals surface area contributed by atoms with Gasteiger partial charge >= 0.3 is 0 Å². The van der Waals surface area contributed by atoms with Gasteiger partial charge in [-0.05, 0) is 12.6 Å². The van der Waals surface area contributed by atoms with Crippen molar-refractivity contribution in [2.45, 2.75) is 19.1 Å². The van der Waals surface area contributed by atoms with Gasteiger partial charge in [-0.3, -0.25) is 5.32 Å².